The van der Waals surface area contributed by atoms with Crippen LogP contribution in [0, 0.1) is 11.8 Å². The maximum Gasteiger partial charge on any atom is 0.389 e. The van der Waals surface area contributed by atoms with Crippen LogP contribution in [0.4, 0.5) is 13.2 Å². The Morgan fingerprint density at radius 3 is 2.39 bits per heavy atom. The largest absolute Gasteiger partial charge is 0.389 e. The van der Waals surface area contributed by atoms with E-state index >= 15 is 0 Å². The maximum absolute atomic E-state index is 11.9. The van der Waals surface area contributed by atoms with E-state index < -0.39 is 24.9 Å². The number of halogens is 4. The van der Waals surface area contributed by atoms with Gasteiger partial charge in [-0.05, 0) is 24.7 Å². The highest BCUT2D eigenvalue weighted by Crippen LogP contribution is 2.30. The molecule has 0 bridgehead atoms. The zero-order chi connectivity index (χ0) is 13.6. The van der Waals surface area contributed by atoms with Gasteiger partial charge in [0.1, 0.15) is 0 Å². The summed E-state index contributed by atoms with van der Waals surface area (Å²) < 4.78 is 35.8. The number of hydrogen-bond donors (Lipinski definition) is 1. The second kappa shape index (κ2) is 7.22. The predicted molar refractivity (Wildman–Crippen MR) is 64.5 cm³/mol. The summed E-state index contributed by atoms with van der Waals surface area (Å²) in [4.78, 5) is 11.3. The lowest BCUT2D eigenvalue weighted by Crippen LogP contribution is -2.35. The van der Waals surface area contributed by atoms with Gasteiger partial charge >= 0.3 is 6.18 Å². The first kappa shape index (κ1) is 15.6. The fourth-order valence-electron chi connectivity index (χ4n) is 2.34. The van der Waals surface area contributed by atoms with Crippen molar-refractivity contribution < 1.29 is 18.0 Å². The standard InChI is InChI=1S/C12H19ClF3NO/c13-7-9-3-1-2-4-10(9)8-17-11(18)5-6-12(14,15)16/h9-10H,1-8H2,(H,17,18). The van der Waals surface area contributed by atoms with Gasteiger partial charge in [-0.2, -0.15) is 13.2 Å². The molecule has 1 saturated carbocycles. The Hall–Kier alpha value is -0.450. The molecule has 0 saturated heterocycles. The van der Waals surface area contributed by atoms with E-state index in [-0.39, 0.29) is 0 Å². The summed E-state index contributed by atoms with van der Waals surface area (Å²) in [7, 11) is 0. The van der Waals surface area contributed by atoms with Crippen LogP contribution in [0.3, 0.4) is 0 Å². The minimum absolute atomic E-state index is 0.311. The first-order valence-corrected chi connectivity index (χ1v) is 6.85. The Kier molecular flexibility index (Phi) is 6.26. The Morgan fingerprint density at radius 1 is 1.22 bits per heavy atom. The van der Waals surface area contributed by atoms with Gasteiger partial charge in [-0.25, -0.2) is 0 Å². The van der Waals surface area contributed by atoms with Crippen LogP contribution in [0.25, 0.3) is 0 Å². The molecule has 6 heteroatoms. The lowest BCUT2D eigenvalue weighted by molar-refractivity contribution is -0.144. The SMILES string of the molecule is O=C(CCC(F)(F)F)NCC1CCCCC1CCl. The normalized spacial score (nSPS) is 24.9. The van der Waals surface area contributed by atoms with Crippen molar-refractivity contribution in [1.29, 1.82) is 0 Å². The van der Waals surface area contributed by atoms with Crippen molar-refractivity contribution in [3.63, 3.8) is 0 Å². The molecule has 0 aromatic carbocycles. The second-order valence-corrected chi connectivity index (χ2v) is 5.19. The second-order valence-electron chi connectivity index (χ2n) is 4.88. The minimum Gasteiger partial charge on any atom is -0.356 e. The van der Waals surface area contributed by atoms with E-state index in [1.54, 1.807) is 0 Å². The van der Waals surface area contributed by atoms with Gasteiger partial charge in [0.25, 0.3) is 0 Å². The summed E-state index contributed by atoms with van der Waals surface area (Å²) in [5.74, 6) is 0.726. The average molecular weight is 286 g/mol. The molecule has 1 fully saturated rings. The minimum atomic E-state index is -4.26. The third kappa shape index (κ3) is 5.94. The highest BCUT2D eigenvalue weighted by molar-refractivity contribution is 6.18. The molecule has 0 aliphatic heterocycles. The number of rotatable bonds is 5. The third-order valence-corrected chi connectivity index (χ3v) is 3.86. The van der Waals surface area contributed by atoms with Crippen LogP contribution in [-0.2, 0) is 4.79 Å². The van der Waals surface area contributed by atoms with E-state index in [0.29, 0.717) is 24.3 Å². The number of hydrogen-bond acceptors (Lipinski definition) is 1. The van der Waals surface area contributed by atoms with E-state index in [1.165, 1.54) is 0 Å². The van der Waals surface area contributed by atoms with Gasteiger partial charge in [-0.15, -0.1) is 11.6 Å². The molecule has 0 heterocycles. The van der Waals surface area contributed by atoms with Crippen LogP contribution in [0.15, 0.2) is 0 Å². The molecule has 1 aliphatic carbocycles. The molecule has 0 spiro atoms. The molecule has 2 nitrogen and oxygen atoms in total. The number of carbonyl (C=O) groups is 1. The smallest absolute Gasteiger partial charge is 0.356 e. The third-order valence-electron chi connectivity index (χ3n) is 3.46. The van der Waals surface area contributed by atoms with Crippen molar-refractivity contribution in [1.82, 2.24) is 5.32 Å². The molecule has 1 amide bonds. The number of carbonyl (C=O) groups excluding carboxylic acids is 1. The molecule has 18 heavy (non-hydrogen) atoms. The van der Waals surface area contributed by atoms with Gasteiger partial charge in [0.2, 0.25) is 5.91 Å². The van der Waals surface area contributed by atoms with Crippen molar-refractivity contribution in [3.8, 4) is 0 Å². The lowest BCUT2D eigenvalue weighted by Gasteiger charge is -2.30. The Labute approximate surface area is 110 Å². The van der Waals surface area contributed by atoms with Crippen LogP contribution in [0.1, 0.15) is 38.5 Å². The molecule has 2 atom stereocenters. The van der Waals surface area contributed by atoms with Crippen molar-refractivity contribution in [2.24, 2.45) is 11.8 Å². The average Bonchev–Trinajstić information content (AvgIpc) is 2.33. The van der Waals surface area contributed by atoms with Crippen molar-refractivity contribution in [2.45, 2.75) is 44.7 Å². The van der Waals surface area contributed by atoms with Crippen LogP contribution < -0.4 is 5.32 Å². The predicted octanol–water partition coefficient (Wildman–Crippen LogP) is 3.49. The van der Waals surface area contributed by atoms with Gasteiger partial charge in [0.05, 0.1) is 6.42 Å². The van der Waals surface area contributed by atoms with E-state index in [9.17, 15) is 18.0 Å². The molecule has 1 aliphatic rings. The van der Waals surface area contributed by atoms with E-state index in [0.717, 1.165) is 25.7 Å². The maximum atomic E-state index is 11.9. The van der Waals surface area contributed by atoms with Crippen LogP contribution in [0.5, 0.6) is 0 Å². The Morgan fingerprint density at radius 2 is 1.83 bits per heavy atom. The molecule has 0 radical (unpaired) electrons. The fourth-order valence-corrected chi connectivity index (χ4v) is 2.75. The van der Waals surface area contributed by atoms with Crippen molar-refractivity contribution >= 4 is 17.5 Å². The summed E-state index contributed by atoms with van der Waals surface area (Å²) in [6.07, 6.45) is -1.50. The van der Waals surface area contributed by atoms with Crippen LogP contribution >= 0.6 is 11.6 Å². The molecular formula is C12H19ClF3NO. The molecule has 106 valence electrons. The molecule has 2 unspecified atom stereocenters. The molecule has 0 aromatic heterocycles. The van der Waals surface area contributed by atoms with Gasteiger partial charge in [0, 0.05) is 18.8 Å². The van der Waals surface area contributed by atoms with E-state index in [4.69, 9.17) is 11.6 Å². The highest BCUT2D eigenvalue weighted by Gasteiger charge is 2.28. The van der Waals surface area contributed by atoms with Gasteiger partial charge in [-0.3, -0.25) is 4.79 Å². The first-order valence-electron chi connectivity index (χ1n) is 6.32. The monoisotopic (exact) mass is 285 g/mol. The highest BCUT2D eigenvalue weighted by atomic mass is 35.5. The van der Waals surface area contributed by atoms with Crippen LogP contribution in [-0.4, -0.2) is 24.5 Å². The molecule has 1 rings (SSSR count). The zero-order valence-electron chi connectivity index (χ0n) is 10.2. The lowest BCUT2D eigenvalue weighted by atomic mass is 9.80. The zero-order valence-corrected chi connectivity index (χ0v) is 11.0. The van der Waals surface area contributed by atoms with E-state index in [2.05, 4.69) is 5.32 Å². The Balaban J connectivity index is 2.24. The molecule has 0 aromatic rings. The molecular weight excluding hydrogens is 267 g/mol. The summed E-state index contributed by atoms with van der Waals surface area (Å²) in [6.45, 7) is 0.452. The topological polar surface area (TPSA) is 29.1 Å². The van der Waals surface area contributed by atoms with Gasteiger partial charge in [-0.1, -0.05) is 12.8 Å². The van der Waals surface area contributed by atoms with Crippen molar-refractivity contribution in [2.75, 3.05) is 12.4 Å². The summed E-state index contributed by atoms with van der Waals surface area (Å²) in [5.41, 5.74) is 0. The van der Waals surface area contributed by atoms with Crippen LogP contribution in [0.2, 0.25) is 0 Å². The fraction of sp³-hybridized carbons (Fsp3) is 0.917. The Bertz CT molecular complexity index is 271. The summed E-state index contributed by atoms with van der Waals surface area (Å²) in [5, 5.41) is 2.59. The quantitative estimate of drug-likeness (QED) is 0.770. The van der Waals surface area contributed by atoms with Crippen molar-refractivity contribution in [3.05, 3.63) is 0 Å². The van der Waals surface area contributed by atoms with Gasteiger partial charge < -0.3 is 5.32 Å². The first-order chi connectivity index (χ1) is 8.42. The van der Waals surface area contributed by atoms with Gasteiger partial charge in [0.15, 0.2) is 0 Å². The summed E-state index contributed by atoms with van der Waals surface area (Å²) >= 11 is 5.85. The number of amides is 1. The summed E-state index contributed by atoms with van der Waals surface area (Å²) in [6, 6.07) is 0. The van der Waals surface area contributed by atoms with E-state index in [1.807, 2.05) is 0 Å². The number of alkyl halides is 4. The molecule has 1 N–H and O–H groups in total. The number of nitrogens with one attached hydrogen (secondary N) is 1.